The molecule has 3 rings (SSSR count). The lowest BCUT2D eigenvalue weighted by Gasteiger charge is -2.12. The van der Waals surface area contributed by atoms with E-state index in [2.05, 4.69) is 4.98 Å². The van der Waals surface area contributed by atoms with Crippen LogP contribution in [0.4, 0.5) is 4.39 Å². The Kier molecular flexibility index (Phi) is 9.50. The van der Waals surface area contributed by atoms with E-state index in [1.165, 1.54) is 26.4 Å². The van der Waals surface area contributed by atoms with Crippen molar-refractivity contribution in [2.75, 3.05) is 20.6 Å². The first-order valence-corrected chi connectivity index (χ1v) is 10.7. The van der Waals surface area contributed by atoms with Crippen molar-refractivity contribution in [3.05, 3.63) is 59.3 Å². The quantitative estimate of drug-likeness (QED) is 0.528. The van der Waals surface area contributed by atoms with Gasteiger partial charge in [0.1, 0.15) is 10.7 Å². The molecular formula is C20H24Cl3FN4O2S. The van der Waals surface area contributed by atoms with Gasteiger partial charge in [-0.2, -0.15) is 0 Å². The molecule has 11 heteroatoms. The van der Waals surface area contributed by atoms with Crippen molar-refractivity contribution < 1.29 is 12.8 Å². The van der Waals surface area contributed by atoms with Gasteiger partial charge in [-0.3, -0.25) is 4.98 Å². The van der Waals surface area contributed by atoms with Gasteiger partial charge in [0, 0.05) is 55.2 Å². The number of hydrogen-bond donors (Lipinski definition) is 1. The van der Waals surface area contributed by atoms with Crippen molar-refractivity contribution >= 4 is 57.3 Å². The van der Waals surface area contributed by atoms with Crippen molar-refractivity contribution in [3.8, 4) is 11.1 Å². The highest BCUT2D eigenvalue weighted by Gasteiger charge is 2.22. The number of para-hydroxylation sites is 1. The second-order valence-electron chi connectivity index (χ2n) is 6.77. The Morgan fingerprint density at radius 1 is 1.29 bits per heavy atom. The van der Waals surface area contributed by atoms with Gasteiger partial charge < -0.3 is 10.3 Å². The fourth-order valence-electron chi connectivity index (χ4n) is 3.30. The van der Waals surface area contributed by atoms with Gasteiger partial charge in [0.25, 0.3) is 0 Å². The average molecular weight is 510 g/mol. The van der Waals surface area contributed by atoms with E-state index >= 15 is 0 Å². The summed E-state index contributed by atoms with van der Waals surface area (Å²) in [6, 6.07) is 6.98. The topological polar surface area (TPSA) is 81.2 Å². The maximum absolute atomic E-state index is 14.3. The molecule has 3 aromatic rings. The van der Waals surface area contributed by atoms with Crippen LogP contribution in [0, 0.1) is 6.92 Å². The number of allylic oxidation sites excluding steroid dienone is 1. The fourth-order valence-corrected chi connectivity index (χ4v) is 4.47. The number of nitrogens with two attached hydrogens (primary N) is 1. The molecule has 0 aliphatic rings. The zero-order valence-corrected chi connectivity index (χ0v) is 20.4. The summed E-state index contributed by atoms with van der Waals surface area (Å²) in [5.41, 5.74) is 8.20. The van der Waals surface area contributed by atoms with Gasteiger partial charge in [0.05, 0.1) is 17.1 Å². The van der Waals surface area contributed by atoms with Crippen molar-refractivity contribution in [1.29, 1.82) is 0 Å². The average Bonchev–Trinajstić information content (AvgIpc) is 2.94. The molecule has 1 aromatic carbocycles. The number of fused-ring (bicyclic) bond motifs is 1. The predicted molar refractivity (Wildman–Crippen MR) is 129 cm³/mol. The zero-order valence-electron chi connectivity index (χ0n) is 17.2. The first-order valence-electron chi connectivity index (χ1n) is 8.88. The zero-order chi connectivity index (χ0) is 21.3. The lowest BCUT2D eigenvalue weighted by Crippen LogP contribution is -2.22. The minimum atomic E-state index is -3.65. The molecule has 0 radical (unpaired) electrons. The Bertz CT molecular complexity index is 1210. The number of halogens is 4. The second-order valence-corrected chi connectivity index (χ2v) is 9.33. The summed E-state index contributed by atoms with van der Waals surface area (Å²) >= 11 is 6.44. The molecule has 6 nitrogen and oxygen atoms in total. The number of rotatable bonds is 6. The van der Waals surface area contributed by atoms with E-state index < -0.39 is 10.0 Å². The number of hydrogen-bond acceptors (Lipinski definition) is 4. The van der Waals surface area contributed by atoms with Gasteiger partial charge in [0.2, 0.25) is 10.0 Å². The Morgan fingerprint density at radius 3 is 2.58 bits per heavy atom. The van der Waals surface area contributed by atoms with E-state index in [1.54, 1.807) is 29.0 Å². The smallest absolute Gasteiger partial charge is 0.244 e. The maximum Gasteiger partial charge on any atom is 0.244 e. The lowest BCUT2D eigenvalue weighted by atomic mass is 10.0. The van der Waals surface area contributed by atoms with Gasteiger partial charge in [-0.05, 0) is 25.1 Å². The summed E-state index contributed by atoms with van der Waals surface area (Å²) in [6.45, 7) is 1.92. The third-order valence-electron chi connectivity index (χ3n) is 4.72. The summed E-state index contributed by atoms with van der Waals surface area (Å²) < 4.78 is 42.2. The molecule has 0 fully saturated rings. The van der Waals surface area contributed by atoms with E-state index in [-0.39, 0.29) is 48.6 Å². The highest BCUT2D eigenvalue weighted by molar-refractivity contribution is 7.89. The maximum atomic E-state index is 14.3. The monoisotopic (exact) mass is 508 g/mol. The lowest BCUT2D eigenvalue weighted by molar-refractivity contribution is 0.520. The third-order valence-corrected chi connectivity index (χ3v) is 6.81. The fraction of sp³-hybridized carbons (Fsp3) is 0.250. The number of aromatic nitrogens is 2. The number of benzene rings is 1. The van der Waals surface area contributed by atoms with Crippen LogP contribution in [-0.2, 0) is 16.6 Å². The highest BCUT2D eigenvalue weighted by Crippen LogP contribution is 2.38. The molecular weight excluding hydrogens is 486 g/mol. The standard InChI is InChI=1S/C20H22ClFN4O2S.2ClH/c1-13-19(14-9-16(11-24-10-14)29(27,28)25(2)3)17-5-4-6-18(21)20(17)26(13)12-15(22)7-8-23;;/h4-7,9-11H,8,12,23H2,1-3H3;2*1H/b15-7-;;. The van der Waals surface area contributed by atoms with Crippen LogP contribution in [0.25, 0.3) is 22.0 Å². The minimum absolute atomic E-state index is 0. The summed E-state index contributed by atoms with van der Waals surface area (Å²) in [5, 5.41) is 1.26. The molecule has 0 unspecified atom stereocenters. The molecule has 0 aliphatic carbocycles. The molecule has 2 heterocycles. The van der Waals surface area contributed by atoms with E-state index in [4.69, 9.17) is 17.3 Å². The second kappa shape index (κ2) is 10.8. The van der Waals surface area contributed by atoms with Gasteiger partial charge in [0.15, 0.2) is 0 Å². The molecule has 0 atom stereocenters. The molecule has 0 spiro atoms. The summed E-state index contributed by atoms with van der Waals surface area (Å²) in [6.07, 6.45) is 4.21. The summed E-state index contributed by atoms with van der Waals surface area (Å²) in [4.78, 5) is 4.21. The Balaban J connectivity index is 0.00000240. The van der Waals surface area contributed by atoms with E-state index in [9.17, 15) is 12.8 Å². The van der Waals surface area contributed by atoms with Crippen molar-refractivity contribution in [2.24, 2.45) is 5.73 Å². The van der Waals surface area contributed by atoms with Crippen molar-refractivity contribution in [1.82, 2.24) is 13.9 Å². The van der Waals surface area contributed by atoms with E-state index in [1.807, 2.05) is 13.0 Å². The Hall–Kier alpha value is -1.68. The largest absolute Gasteiger partial charge is 0.336 e. The van der Waals surface area contributed by atoms with E-state index in [0.717, 1.165) is 20.9 Å². The van der Waals surface area contributed by atoms with Crippen LogP contribution in [0.1, 0.15) is 5.69 Å². The molecule has 0 saturated heterocycles. The van der Waals surface area contributed by atoms with Gasteiger partial charge in [-0.25, -0.2) is 17.1 Å². The Labute approximate surface area is 198 Å². The van der Waals surface area contributed by atoms with Crippen LogP contribution < -0.4 is 5.73 Å². The van der Waals surface area contributed by atoms with Gasteiger partial charge >= 0.3 is 0 Å². The SMILES string of the molecule is Cc1c(-c2cncc(S(=O)(=O)N(C)C)c2)c2cccc(Cl)c2n1C/C(F)=C/CN.Cl.Cl. The molecule has 0 aliphatic heterocycles. The number of nitrogens with zero attached hydrogens (tertiary/aromatic N) is 3. The normalized spacial score (nSPS) is 12.0. The third kappa shape index (κ3) is 5.22. The van der Waals surface area contributed by atoms with Crippen LogP contribution in [0.15, 0.2) is 53.5 Å². The molecule has 170 valence electrons. The predicted octanol–water partition coefficient (Wildman–Crippen LogP) is 4.57. The first kappa shape index (κ1) is 27.4. The number of sulfonamides is 1. The molecule has 0 amide bonds. The molecule has 2 N–H and O–H groups in total. The van der Waals surface area contributed by atoms with Crippen LogP contribution >= 0.6 is 36.4 Å². The van der Waals surface area contributed by atoms with Crippen molar-refractivity contribution in [2.45, 2.75) is 18.4 Å². The van der Waals surface area contributed by atoms with Crippen molar-refractivity contribution in [3.63, 3.8) is 0 Å². The van der Waals surface area contributed by atoms with Gasteiger partial charge in [-0.15, -0.1) is 24.8 Å². The van der Waals surface area contributed by atoms with E-state index in [0.29, 0.717) is 16.1 Å². The number of pyridine rings is 1. The Morgan fingerprint density at radius 2 is 1.97 bits per heavy atom. The van der Waals surface area contributed by atoms with Crippen LogP contribution in [0.3, 0.4) is 0 Å². The summed E-state index contributed by atoms with van der Waals surface area (Å²) in [7, 11) is -0.719. The van der Waals surface area contributed by atoms with Crippen LogP contribution in [0.5, 0.6) is 0 Å². The summed E-state index contributed by atoms with van der Waals surface area (Å²) in [5.74, 6) is -0.374. The molecule has 0 saturated carbocycles. The first-order chi connectivity index (χ1) is 13.7. The molecule has 0 bridgehead atoms. The molecule has 31 heavy (non-hydrogen) atoms. The van der Waals surface area contributed by atoms with Crippen LogP contribution in [-0.4, -0.2) is 42.9 Å². The minimum Gasteiger partial charge on any atom is -0.336 e. The van der Waals surface area contributed by atoms with Crippen LogP contribution in [0.2, 0.25) is 5.02 Å². The molecule has 2 aromatic heterocycles. The highest BCUT2D eigenvalue weighted by atomic mass is 35.5. The van der Waals surface area contributed by atoms with Gasteiger partial charge in [-0.1, -0.05) is 23.7 Å².